The van der Waals surface area contributed by atoms with E-state index in [1.807, 2.05) is 31.2 Å². The molecule has 0 unspecified atom stereocenters. The molecule has 3 rings (SSSR count). The van der Waals surface area contributed by atoms with Gasteiger partial charge < -0.3 is 0 Å². The number of nitrogens with zero attached hydrogens (tertiary/aromatic N) is 2. The Balaban J connectivity index is 1.72. The summed E-state index contributed by atoms with van der Waals surface area (Å²) < 4.78 is 27.0. The molecule has 2 aromatic carbocycles. The molecule has 0 spiro atoms. The van der Waals surface area contributed by atoms with Crippen LogP contribution in [0.1, 0.15) is 40.7 Å². The second-order valence-corrected chi connectivity index (χ2v) is 8.54. The van der Waals surface area contributed by atoms with Gasteiger partial charge in [0.2, 0.25) is 10.0 Å². The van der Waals surface area contributed by atoms with Crippen molar-refractivity contribution in [3.8, 4) is 0 Å². The molecular formula is C20H23N3O3S. The van der Waals surface area contributed by atoms with Crippen LogP contribution in [0.5, 0.6) is 0 Å². The van der Waals surface area contributed by atoms with Gasteiger partial charge in [-0.3, -0.25) is 4.79 Å². The molecule has 0 aliphatic carbocycles. The van der Waals surface area contributed by atoms with Gasteiger partial charge in [0.15, 0.2) is 0 Å². The van der Waals surface area contributed by atoms with Gasteiger partial charge in [-0.05, 0) is 43.5 Å². The molecule has 0 radical (unpaired) electrons. The number of nitrogens with one attached hydrogen (secondary N) is 1. The average Bonchev–Trinajstić information content (AvgIpc) is 2.69. The molecule has 1 N–H and O–H groups in total. The van der Waals surface area contributed by atoms with E-state index in [0.29, 0.717) is 13.1 Å². The third kappa shape index (κ3) is 4.81. The topological polar surface area (TPSA) is 78.8 Å². The summed E-state index contributed by atoms with van der Waals surface area (Å²) in [5.74, 6) is -0.449. The molecule has 142 valence electrons. The van der Waals surface area contributed by atoms with E-state index in [0.717, 1.165) is 30.4 Å². The van der Waals surface area contributed by atoms with Gasteiger partial charge in [-0.1, -0.05) is 42.3 Å². The maximum Gasteiger partial charge on any atom is 0.271 e. The molecule has 6 nitrogen and oxygen atoms in total. The van der Waals surface area contributed by atoms with Gasteiger partial charge in [-0.2, -0.15) is 9.41 Å². The largest absolute Gasteiger partial charge is 0.271 e. The van der Waals surface area contributed by atoms with Crippen LogP contribution in [-0.4, -0.2) is 37.9 Å². The first kappa shape index (κ1) is 19.3. The molecule has 27 heavy (non-hydrogen) atoms. The van der Waals surface area contributed by atoms with Gasteiger partial charge in [-0.25, -0.2) is 13.8 Å². The Morgan fingerprint density at radius 2 is 1.81 bits per heavy atom. The van der Waals surface area contributed by atoms with Crippen LogP contribution in [-0.2, 0) is 10.0 Å². The minimum atomic E-state index is -3.57. The van der Waals surface area contributed by atoms with Gasteiger partial charge in [-0.15, -0.1) is 0 Å². The Hall–Kier alpha value is -2.51. The third-order valence-corrected chi connectivity index (χ3v) is 6.37. The molecule has 1 aliphatic rings. The van der Waals surface area contributed by atoms with Crippen molar-refractivity contribution in [2.24, 2.45) is 5.10 Å². The predicted molar refractivity (Wildman–Crippen MR) is 105 cm³/mol. The van der Waals surface area contributed by atoms with Crippen LogP contribution < -0.4 is 5.43 Å². The smallest absolute Gasteiger partial charge is 0.267 e. The van der Waals surface area contributed by atoms with Crippen LogP contribution >= 0.6 is 0 Å². The molecule has 2 aromatic rings. The Kier molecular flexibility index (Phi) is 6.03. The van der Waals surface area contributed by atoms with Crippen molar-refractivity contribution in [1.82, 2.24) is 9.73 Å². The highest BCUT2D eigenvalue weighted by molar-refractivity contribution is 7.89. The zero-order chi connectivity index (χ0) is 19.3. The SMILES string of the molecule is Cc1cccc(/C=N\NC(=O)c2cccc(S(=O)(=O)N3CCCCC3)c2)c1. The fourth-order valence-electron chi connectivity index (χ4n) is 3.03. The lowest BCUT2D eigenvalue weighted by Gasteiger charge is -2.25. The first-order valence-electron chi connectivity index (χ1n) is 8.97. The zero-order valence-corrected chi connectivity index (χ0v) is 16.1. The first-order valence-corrected chi connectivity index (χ1v) is 10.4. The highest BCUT2D eigenvalue weighted by Gasteiger charge is 2.26. The van der Waals surface area contributed by atoms with E-state index < -0.39 is 15.9 Å². The Morgan fingerprint density at radius 1 is 1.07 bits per heavy atom. The normalized spacial score (nSPS) is 15.7. The van der Waals surface area contributed by atoms with Crippen LogP contribution in [0.25, 0.3) is 0 Å². The molecule has 1 aliphatic heterocycles. The van der Waals surface area contributed by atoms with E-state index in [4.69, 9.17) is 0 Å². The second-order valence-electron chi connectivity index (χ2n) is 6.61. The summed E-state index contributed by atoms with van der Waals surface area (Å²) >= 11 is 0. The van der Waals surface area contributed by atoms with Crippen molar-refractivity contribution in [3.05, 3.63) is 65.2 Å². The summed E-state index contributed by atoms with van der Waals surface area (Å²) in [4.78, 5) is 12.5. The maximum atomic E-state index is 12.8. The first-order chi connectivity index (χ1) is 13.0. The van der Waals surface area contributed by atoms with E-state index in [9.17, 15) is 13.2 Å². The van der Waals surface area contributed by atoms with Crippen molar-refractivity contribution in [3.63, 3.8) is 0 Å². The number of carbonyl (C=O) groups is 1. The zero-order valence-electron chi connectivity index (χ0n) is 15.3. The van der Waals surface area contributed by atoms with Gasteiger partial charge in [0.1, 0.15) is 0 Å². The van der Waals surface area contributed by atoms with Crippen LogP contribution in [0, 0.1) is 6.92 Å². The van der Waals surface area contributed by atoms with Crippen LogP contribution in [0.3, 0.4) is 0 Å². The van der Waals surface area contributed by atoms with Crippen molar-refractivity contribution in [2.45, 2.75) is 31.1 Å². The quantitative estimate of drug-likeness (QED) is 0.635. The minimum Gasteiger partial charge on any atom is -0.267 e. The lowest BCUT2D eigenvalue weighted by atomic mass is 10.2. The molecule has 0 aromatic heterocycles. The number of hydrazone groups is 1. The Bertz CT molecular complexity index is 948. The van der Waals surface area contributed by atoms with Crippen molar-refractivity contribution in [1.29, 1.82) is 0 Å². The molecule has 0 atom stereocenters. The number of rotatable bonds is 5. The number of benzene rings is 2. The van der Waals surface area contributed by atoms with Crippen LogP contribution in [0.2, 0.25) is 0 Å². The van der Waals surface area contributed by atoms with Gasteiger partial charge in [0.25, 0.3) is 5.91 Å². The summed E-state index contributed by atoms with van der Waals surface area (Å²) in [6.45, 7) is 3.03. The highest BCUT2D eigenvalue weighted by atomic mass is 32.2. The summed E-state index contributed by atoms with van der Waals surface area (Å²) in [7, 11) is -3.57. The molecule has 1 saturated heterocycles. The lowest BCUT2D eigenvalue weighted by Crippen LogP contribution is -2.35. The number of amides is 1. The monoisotopic (exact) mass is 385 g/mol. The summed E-state index contributed by atoms with van der Waals surface area (Å²) in [5.41, 5.74) is 4.68. The molecule has 1 fully saturated rings. The van der Waals surface area contributed by atoms with Crippen molar-refractivity contribution < 1.29 is 13.2 Å². The Morgan fingerprint density at radius 3 is 2.56 bits per heavy atom. The van der Waals surface area contributed by atoms with Gasteiger partial charge >= 0.3 is 0 Å². The predicted octanol–water partition coefficient (Wildman–Crippen LogP) is 2.93. The number of aryl methyl sites for hydroxylation is 1. The lowest BCUT2D eigenvalue weighted by molar-refractivity contribution is 0.0955. The van der Waals surface area contributed by atoms with E-state index >= 15 is 0 Å². The van der Waals surface area contributed by atoms with Crippen LogP contribution in [0.15, 0.2) is 58.5 Å². The molecule has 1 amide bonds. The number of carbonyl (C=O) groups excluding carboxylic acids is 1. The summed E-state index contributed by atoms with van der Waals surface area (Å²) in [6.07, 6.45) is 4.34. The molecule has 0 saturated carbocycles. The van der Waals surface area contributed by atoms with E-state index in [-0.39, 0.29) is 10.5 Å². The van der Waals surface area contributed by atoms with E-state index in [1.165, 1.54) is 16.4 Å². The number of hydrogen-bond donors (Lipinski definition) is 1. The molecule has 7 heteroatoms. The van der Waals surface area contributed by atoms with Gasteiger partial charge in [0.05, 0.1) is 11.1 Å². The fourth-order valence-corrected chi connectivity index (χ4v) is 4.60. The number of piperidine rings is 1. The van der Waals surface area contributed by atoms with Crippen molar-refractivity contribution in [2.75, 3.05) is 13.1 Å². The highest BCUT2D eigenvalue weighted by Crippen LogP contribution is 2.21. The summed E-state index contributed by atoms with van der Waals surface area (Å²) in [6, 6.07) is 13.8. The number of sulfonamides is 1. The Labute approximate surface area is 159 Å². The average molecular weight is 385 g/mol. The molecule has 0 bridgehead atoms. The third-order valence-electron chi connectivity index (χ3n) is 4.47. The van der Waals surface area contributed by atoms with E-state index in [1.54, 1.807) is 18.3 Å². The van der Waals surface area contributed by atoms with E-state index in [2.05, 4.69) is 10.5 Å². The molecule has 1 heterocycles. The number of hydrogen-bond acceptors (Lipinski definition) is 4. The van der Waals surface area contributed by atoms with Crippen molar-refractivity contribution >= 4 is 22.1 Å². The standard InChI is InChI=1S/C20H23N3O3S/c1-16-7-5-8-17(13-16)15-21-22-20(24)18-9-6-10-19(14-18)27(25,26)23-11-3-2-4-12-23/h5-10,13-15H,2-4,11-12H2,1H3,(H,22,24)/b21-15-. The summed E-state index contributed by atoms with van der Waals surface area (Å²) in [5, 5.41) is 3.96. The maximum absolute atomic E-state index is 12.8. The van der Waals surface area contributed by atoms with Crippen LogP contribution in [0.4, 0.5) is 0 Å². The second kappa shape index (κ2) is 8.45. The minimum absolute atomic E-state index is 0.139. The molecular weight excluding hydrogens is 362 g/mol. The van der Waals surface area contributed by atoms with Gasteiger partial charge in [0, 0.05) is 18.7 Å². The fraction of sp³-hybridized carbons (Fsp3) is 0.300.